The summed E-state index contributed by atoms with van der Waals surface area (Å²) in [5, 5.41) is 2.71. The number of nitrogens with zero attached hydrogens (tertiary/aromatic N) is 2. The van der Waals surface area contributed by atoms with Crippen LogP contribution in [0.25, 0.3) is 22.4 Å². The van der Waals surface area contributed by atoms with E-state index in [2.05, 4.69) is 9.97 Å². The van der Waals surface area contributed by atoms with Crippen LogP contribution in [0.15, 0.2) is 72.9 Å². The predicted molar refractivity (Wildman–Crippen MR) is 126 cm³/mol. The summed E-state index contributed by atoms with van der Waals surface area (Å²) < 4.78 is 19.1. The molecule has 1 heterocycles. The van der Waals surface area contributed by atoms with Crippen LogP contribution in [-0.4, -0.2) is 15.3 Å². The monoisotopic (exact) mass is 468 g/mol. The summed E-state index contributed by atoms with van der Waals surface area (Å²) in [7, 11) is 0. The van der Waals surface area contributed by atoms with E-state index < -0.39 is 0 Å². The molecule has 0 bridgehead atoms. The Morgan fingerprint density at radius 3 is 2.48 bits per heavy atom. The summed E-state index contributed by atoms with van der Waals surface area (Å²) in [6.45, 7) is 0.140. The summed E-state index contributed by atoms with van der Waals surface area (Å²) in [5.74, 6) is -0.325. The van der Waals surface area contributed by atoms with Crippen molar-refractivity contribution in [2.24, 2.45) is 0 Å². The van der Waals surface area contributed by atoms with Gasteiger partial charge in [0.25, 0.3) is 0 Å². The third kappa shape index (κ3) is 5.07. The van der Waals surface area contributed by atoms with Crippen LogP contribution >= 0.6 is 35.4 Å². The van der Waals surface area contributed by atoms with Gasteiger partial charge in [0.2, 0.25) is 0 Å². The second-order valence-corrected chi connectivity index (χ2v) is 7.78. The van der Waals surface area contributed by atoms with Crippen LogP contribution < -0.4 is 4.74 Å². The van der Waals surface area contributed by atoms with E-state index in [9.17, 15) is 4.39 Å². The average molecular weight is 469 g/mol. The molecule has 0 fully saturated rings. The van der Waals surface area contributed by atoms with Crippen molar-refractivity contribution in [3.63, 3.8) is 0 Å². The van der Waals surface area contributed by atoms with Crippen molar-refractivity contribution in [3.8, 4) is 28.4 Å². The van der Waals surface area contributed by atoms with Crippen LogP contribution in [0.5, 0.6) is 6.01 Å². The fraction of sp³-hybridized carbons (Fsp3) is 0.0417. The highest BCUT2D eigenvalue weighted by atomic mass is 35.5. The predicted octanol–water partition coefficient (Wildman–Crippen LogP) is 7.18. The van der Waals surface area contributed by atoms with Crippen molar-refractivity contribution < 1.29 is 9.13 Å². The van der Waals surface area contributed by atoms with E-state index in [-0.39, 0.29) is 18.4 Å². The van der Waals surface area contributed by atoms with Crippen molar-refractivity contribution in [2.45, 2.75) is 6.61 Å². The molecule has 0 saturated heterocycles. The van der Waals surface area contributed by atoms with Gasteiger partial charge in [-0.25, -0.2) is 9.37 Å². The lowest BCUT2D eigenvalue weighted by Gasteiger charge is -2.13. The number of benzene rings is 3. The first-order valence-electron chi connectivity index (χ1n) is 9.29. The van der Waals surface area contributed by atoms with Crippen molar-refractivity contribution in [1.82, 2.24) is 9.97 Å². The van der Waals surface area contributed by atoms with Gasteiger partial charge in [-0.1, -0.05) is 71.8 Å². The second-order valence-electron chi connectivity index (χ2n) is 6.70. The molecule has 3 aromatic carbocycles. The van der Waals surface area contributed by atoms with Gasteiger partial charge >= 0.3 is 6.01 Å². The van der Waals surface area contributed by atoms with Crippen LogP contribution in [0.4, 0.5) is 4.39 Å². The molecule has 4 rings (SSSR count). The fourth-order valence-corrected chi connectivity index (χ4v) is 3.62. The Balaban J connectivity index is 1.74. The normalized spacial score (nSPS) is 10.7. The lowest BCUT2D eigenvalue weighted by atomic mass is 10.00. The molecule has 0 amide bonds. The van der Waals surface area contributed by atoms with Crippen LogP contribution in [0, 0.1) is 5.82 Å². The molecule has 0 radical (unpaired) electrons. The SMILES string of the molecule is Fc1cccc(COc2ncc(-c3ccc(C=S)cc3Cl)c(-c3ccc(Cl)cc3)n2)c1. The summed E-state index contributed by atoms with van der Waals surface area (Å²) in [4.78, 5) is 8.95. The smallest absolute Gasteiger partial charge is 0.317 e. The lowest BCUT2D eigenvalue weighted by molar-refractivity contribution is 0.280. The van der Waals surface area contributed by atoms with Crippen LogP contribution in [0.2, 0.25) is 10.0 Å². The highest BCUT2D eigenvalue weighted by molar-refractivity contribution is 7.79. The Kier molecular flexibility index (Phi) is 6.56. The first-order chi connectivity index (χ1) is 15.0. The molecule has 0 aliphatic carbocycles. The van der Waals surface area contributed by atoms with Gasteiger partial charge in [0, 0.05) is 38.3 Å². The van der Waals surface area contributed by atoms with E-state index in [1.54, 1.807) is 41.9 Å². The zero-order chi connectivity index (χ0) is 21.8. The van der Waals surface area contributed by atoms with E-state index in [1.165, 1.54) is 12.1 Å². The van der Waals surface area contributed by atoms with Gasteiger partial charge in [0.05, 0.1) is 5.69 Å². The van der Waals surface area contributed by atoms with Crippen LogP contribution in [0.3, 0.4) is 0 Å². The van der Waals surface area contributed by atoms with Gasteiger partial charge in [-0.15, -0.1) is 0 Å². The Bertz CT molecular complexity index is 1250. The minimum Gasteiger partial charge on any atom is -0.459 e. The number of hydrogen-bond donors (Lipinski definition) is 0. The molecular weight excluding hydrogens is 454 g/mol. The molecule has 1 aromatic heterocycles. The number of halogens is 3. The van der Waals surface area contributed by atoms with Gasteiger partial charge in [0.1, 0.15) is 12.4 Å². The molecule has 0 saturated carbocycles. The minimum atomic E-state index is -0.325. The zero-order valence-electron chi connectivity index (χ0n) is 16.1. The van der Waals surface area contributed by atoms with Crippen LogP contribution in [-0.2, 0) is 6.61 Å². The molecular formula is C24H15Cl2FN2OS. The van der Waals surface area contributed by atoms with E-state index in [0.717, 1.165) is 22.3 Å². The third-order valence-corrected chi connectivity index (χ3v) is 5.40. The van der Waals surface area contributed by atoms with Crippen molar-refractivity contribution in [3.05, 3.63) is 99.9 Å². The second kappa shape index (κ2) is 9.52. The Hall–Kier alpha value is -2.86. The molecule has 0 aliphatic rings. The number of rotatable bonds is 6. The Morgan fingerprint density at radius 2 is 1.77 bits per heavy atom. The maximum Gasteiger partial charge on any atom is 0.317 e. The highest BCUT2D eigenvalue weighted by Crippen LogP contribution is 2.36. The van der Waals surface area contributed by atoms with Gasteiger partial charge in [-0.05, 0) is 41.5 Å². The maximum atomic E-state index is 13.4. The van der Waals surface area contributed by atoms with Gasteiger partial charge < -0.3 is 4.74 Å². The van der Waals surface area contributed by atoms with E-state index in [0.29, 0.717) is 21.3 Å². The summed E-state index contributed by atoms with van der Waals surface area (Å²) >= 11 is 17.6. The van der Waals surface area contributed by atoms with Crippen molar-refractivity contribution in [1.29, 1.82) is 0 Å². The highest BCUT2D eigenvalue weighted by Gasteiger charge is 2.15. The molecule has 0 spiro atoms. The van der Waals surface area contributed by atoms with Crippen molar-refractivity contribution >= 4 is 40.8 Å². The third-order valence-electron chi connectivity index (χ3n) is 4.56. The molecule has 0 aliphatic heterocycles. The van der Waals surface area contributed by atoms with Gasteiger partial charge in [-0.3, -0.25) is 0 Å². The quantitative estimate of drug-likeness (QED) is 0.280. The summed E-state index contributed by atoms with van der Waals surface area (Å²) in [5.41, 5.74) is 4.49. The van der Waals surface area contributed by atoms with E-state index in [4.69, 9.17) is 40.2 Å². The molecule has 3 nitrogen and oxygen atoms in total. The zero-order valence-corrected chi connectivity index (χ0v) is 18.4. The van der Waals surface area contributed by atoms with E-state index >= 15 is 0 Å². The summed E-state index contributed by atoms with van der Waals surface area (Å²) in [6.07, 6.45) is 1.66. The molecule has 4 aromatic rings. The van der Waals surface area contributed by atoms with Crippen molar-refractivity contribution in [2.75, 3.05) is 0 Å². The number of hydrogen-bond acceptors (Lipinski definition) is 4. The van der Waals surface area contributed by atoms with Crippen LogP contribution in [0.1, 0.15) is 11.1 Å². The number of ether oxygens (including phenoxy) is 1. The lowest BCUT2D eigenvalue weighted by Crippen LogP contribution is -2.02. The molecule has 0 unspecified atom stereocenters. The topological polar surface area (TPSA) is 35.0 Å². The van der Waals surface area contributed by atoms with Gasteiger partial charge in [-0.2, -0.15) is 4.98 Å². The Morgan fingerprint density at radius 1 is 0.968 bits per heavy atom. The fourth-order valence-electron chi connectivity index (χ4n) is 3.06. The number of thiocarbonyl (C=S) groups is 1. The average Bonchev–Trinajstić information content (AvgIpc) is 2.78. The largest absolute Gasteiger partial charge is 0.459 e. The maximum absolute atomic E-state index is 13.4. The Labute approximate surface area is 194 Å². The van der Waals surface area contributed by atoms with E-state index in [1.807, 2.05) is 24.3 Å². The minimum absolute atomic E-state index is 0.140. The molecule has 7 heteroatoms. The molecule has 0 N–H and O–H groups in total. The molecule has 31 heavy (non-hydrogen) atoms. The first kappa shape index (κ1) is 21.4. The molecule has 154 valence electrons. The molecule has 0 atom stereocenters. The number of aromatic nitrogens is 2. The standard InChI is InChI=1S/C24H15Cl2FN2OS/c25-18-7-5-17(6-8-18)23-21(20-9-4-16(14-31)11-22(20)26)12-28-24(29-23)30-13-15-2-1-3-19(27)10-15/h1-12,14H,13H2. The summed E-state index contributed by atoms with van der Waals surface area (Å²) in [6, 6.07) is 19.2. The van der Waals surface area contributed by atoms with Gasteiger partial charge in [0.15, 0.2) is 0 Å². The first-order valence-corrected chi connectivity index (χ1v) is 10.5.